The van der Waals surface area contributed by atoms with E-state index in [0.717, 1.165) is 102 Å². The van der Waals surface area contributed by atoms with Crippen molar-refractivity contribution in [2.45, 2.75) is 208 Å². The monoisotopic (exact) mass is 2240 g/mol. The van der Waals surface area contributed by atoms with E-state index in [1.165, 1.54) is 56.0 Å². The number of rotatable bonds is 12. The molecule has 0 amide bonds. The Hall–Kier alpha value is -11.0. The van der Waals surface area contributed by atoms with Crippen molar-refractivity contribution in [1.82, 2.24) is 44.9 Å². The van der Waals surface area contributed by atoms with Gasteiger partial charge >= 0.3 is 0 Å². The average Bonchev–Trinajstić information content (AvgIpc) is 1.57. The molecule has 0 fully saturated rings. The van der Waals surface area contributed by atoms with Crippen LogP contribution in [0.3, 0.4) is 0 Å². The molecule has 15 heteroatoms. The maximum absolute atomic E-state index is 8.70. The van der Waals surface area contributed by atoms with Gasteiger partial charge in [-0.2, -0.15) is 0 Å². The van der Waals surface area contributed by atoms with Crippen LogP contribution < -0.4 is 0 Å². The van der Waals surface area contributed by atoms with Crippen molar-refractivity contribution >= 4 is 66.2 Å². The molecule has 0 saturated heterocycles. The van der Waals surface area contributed by atoms with E-state index < -0.39 is 90.2 Å². The number of aryl methyl sites for hydroxylation is 13. The molecule has 2 atom stereocenters. The molecule has 18 rings (SSSR count). The second-order valence-electron chi connectivity index (χ2n) is 31.1. The first-order valence-corrected chi connectivity index (χ1v) is 40.0. The van der Waals surface area contributed by atoms with Crippen LogP contribution in [0.15, 0.2) is 208 Å². The Morgan fingerprint density at radius 3 is 1.00 bits per heavy atom. The molecule has 12 aromatic heterocycles. The third-order valence-corrected chi connectivity index (χ3v) is 20.6. The molecule has 0 saturated carbocycles. The number of fused-ring (bicyclic) bond motifs is 9. The van der Waals surface area contributed by atoms with Gasteiger partial charge in [0.05, 0.1) is 16.7 Å². The van der Waals surface area contributed by atoms with Crippen molar-refractivity contribution in [3.63, 3.8) is 0 Å². The molecule has 0 aliphatic heterocycles. The van der Waals surface area contributed by atoms with Gasteiger partial charge in [0.1, 0.15) is 0 Å². The molecular formula is C112H113Ir3N9O3-6. The summed E-state index contributed by atoms with van der Waals surface area (Å²) in [6, 6.07) is 64.8. The zero-order valence-electron chi connectivity index (χ0n) is 103. The van der Waals surface area contributed by atoms with Gasteiger partial charge in [0.15, 0.2) is 0 Å². The van der Waals surface area contributed by atoms with E-state index in [0.29, 0.717) is 83.5 Å². The normalized spacial score (nSPS) is 16.6. The third kappa shape index (κ3) is 22.2. The molecule has 12 nitrogen and oxygen atoms in total. The molecule has 0 spiro atoms. The molecule has 657 valence electrons. The zero-order chi connectivity index (χ0) is 114. The molecule has 127 heavy (non-hydrogen) atoms. The Morgan fingerprint density at radius 2 is 0.630 bits per heavy atom. The molecule has 6 aromatic carbocycles. The number of benzene rings is 6. The maximum atomic E-state index is 8.70. The fourth-order valence-corrected chi connectivity index (χ4v) is 14.2. The first kappa shape index (κ1) is 63.9. The van der Waals surface area contributed by atoms with Crippen molar-refractivity contribution in [3.05, 3.63) is 337 Å². The number of pyridine rings is 9. The predicted octanol–water partition coefficient (Wildman–Crippen LogP) is 29.9. The first-order chi connectivity index (χ1) is 70.9. The zero-order valence-corrected chi connectivity index (χ0v) is 80.4. The van der Waals surface area contributed by atoms with Gasteiger partial charge in [-0.3, -0.25) is 0 Å². The quantitative estimate of drug-likeness (QED) is 0.107. The van der Waals surface area contributed by atoms with E-state index >= 15 is 0 Å². The minimum atomic E-state index is -2.83. The van der Waals surface area contributed by atoms with Crippen molar-refractivity contribution < 1.29 is 115 Å². The van der Waals surface area contributed by atoms with Crippen molar-refractivity contribution in [1.29, 1.82) is 0 Å². The van der Waals surface area contributed by atoms with E-state index in [1.807, 2.05) is 138 Å². The van der Waals surface area contributed by atoms with Gasteiger partial charge < -0.3 is 43.2 Å². The number of hydrogen-bond acceptors (Lipinski definition) is 12. The summed E-state index contributed by atoms with van der Waals surface area (Å²) in [6.07, 6.45) is 8.59. The fourth-order valence-electron chi connectivity index (χ4n) is 14.2. The Balaban J connectivity index is 0.000000197. The summed E-state index contributed by atoms with van der Waals surface area (Å²) in [5, 5.41) is 2.92. The van der Waals surface area contributed by atoms with E-state index in [1.54, 1.807) is 106 Å². The molecule has 2 unspecified atom stereocenters. The van der Waals surface area contributed by atoms with Gasteiger partial charge in [-0.15, -0.1) is 161 Å². The smallest absolute Gasteiger partial charge is 0.216 e. The van der Waals surface area contributed by atoms with Gasteiger partial charge in [0.25, 0.3) is 0 Å². The van der Waals surface area contributed by atoms with Crippen LogP contribution in [0.25, 0.3) is 134 Å². The van der Waals surface area contributed by atoms with Crippen LogP contribution in [-0.2, 0) is 60.3 Å². The van der Waals surface area contributed by atoms with Crippen molar-refractivity contribution in [3.8, 4) is 67.5 Å². The topological polar surface area (TPSA) is 155 Å². The van der Waals surface area contributed by atoms with Gasteiger partial charge in [-0.1, -0.05) is 182 Å². The Kier molecular flexibility index (Phi) is 21.7. The summed E-state index contributed by atoms with van der Waals surface area (Å²) in [4.78, 5) is 39.2. The largest absolute Gasteiger partial charge is 0.486 e. The average molecular weight is 2240 g/mol. The Morgan fingerprint density at radius 1 is 0.283 bits per heavy atom. The van der Waals surface area contributed by atoms with Crippen molar-refractivity contribution in [2.24, 2.45) is 0 Å². The Labute approximate surface area is 833 Å². The van der Waals surface area contributed by atoms with E-state index in [-0.39, 0.29) is 127 Å². The molecular weight excluding hydrogens is 2100 g/mol. The van der Waals surface area contributed by atoms with E-state index in [9.17, 15) is 0 Å². The second-order valence-corrected chi connectivity index (χ2v) is 31.1. The standard InChI is InChI=1S/2C25H27N2O.C23H23N2O.3C13H12N.3Ir/c1-13(2)18-8-9-19(21-11-15(5)20(12-26-21)14(3)4)24-23(18)22-16(6)10-17(7)27-25(22)28-24;1-13(2)18-8-9-19(21-11-20(14(3)4)16(6)12-26-21)24-23(18)22-15(5)10-17(7)27-25(22)28-24;1-13(2)16-9-10-17(19-8-6-7-11-24-19)22-20(16)21-18(14(3)4)12-15(5)25-23(21)26-22;3*1-10-8-13(14-9-11(10)2)12-6-4-3-5-7-12;;;/h2*8,10-14H,1-7H3;6-9,11-14H,1-5H3;3*3-6,8-9H,1-2H3;;;/q6*-1;;;/i3D3,5D3,6D3,13D,14D;3D3,5D3,13D,14D;13D,14D;3*2D3;;;. The van der Waals surface area contributed by atoms with Crippen LogP contribution in [0.4, 0.5) is 0 Å². The van der Waals surface area contributed by atoms with Gasteiger partial charge in [0, 0.05) is 172 Å². The summed E-state index contributed by atoms with van der Waals surface area (Å²) < 4.78 is 256. The second kappa shape index (κ2) is 43.2. The van der Waals surface area contributed by atoms with Crippen LogP contribution >= 0.6 is 0 Å². The summed E-state index contributed by atoms with van der Waals surface area (Å²) >= 11 is 0. The van der Waals surface area contributed by atoms with Gasteiger partial charge in [0.2, 0.25) is 17.1 Å². The third-order valence-electron chi connectivity index (χ3n) is 20.6. The van der Waals surface area contributed by atoms with Crippen LogP contribution in [0.1, 0.15) is 266 Å². The molecule has 12 heterocycles. The fraction of sp³-hybridized carbons (Fsp3) is 0.277. The Bertz CT molecular complexity index is 7970. The summed E-state index contributed by atoms with van der Waals surface area (Å²) in [7, 11) is 0. The van der Waals surface area contributed by atoms with Crippen LogP contribution in [0.5, 0.6) is 0 Å². The van der Waals surface area contributed by atoms with E-state index in [4.69, 9.17) is 54.4 Å². The van der Waals surface area contributed by atoms with Gasteiger partial charge in [-0.05, 0) is 232 Å². The first-order valence-electron chi connectivity index (χ1n) is 55.0. The minimum absolute atomic E-state index is 0. The number of aromatic nitrogens is 9. The predicted molar refractivity (Wildman–Crippen MR) is 512 cm³/mol. The SMILES string of the molecule is [2H]C(C)(C)c1cc(C)nc2oc3c(-c4ccccn4)[c-]cc(C([2H])(C)C)c3c12.[2H]C([2H])([2H])c1cc(-c2[c-]cc(C([2H])(C)C)c3c2oc2nc(C)cc(C([2H])([2H])[2H])c23)ncc1C([2H])(C)C([2H])([2H])[2H].[2H]C([2H])([2H])c1cc(C)nc2oc3c(-c4cc(C([2H])(C)C([2H])([2H])[2H])c(C)cn4)[c-]cc(C([2H])(C)C)c3c12.[2H]C([2H])([2H])c1cnc(-c2[c-]cccc2)cc1C.[2H]C([2H])([2H])c1cnc(-c2[c-]cccc2)cc1C.[2H]C([2H])([2H])c1cnc(-c2[c-]cccc2)cc1C.[Ir].[Ir].[Ir]. The molecule has 0 aliphatic carbocycles. The summed E-state index contributed by atoms with van der Waals surface area (Å²) in [5.41, 5.74) is 16.6. The number of hydrogen-bond donors (Lipinski definition) is 0. The molecule has 0 bridgehead atoms. The minimum Gasteiger partial charge on any atom is -0.486 e. The van der Waals surface area contributed by atoms with Crippen LogP contribution in [-0.4, -0.2) is 44.9 Å². The molecule has 18 aromatic rings. The van der Waals surface area contributed by atoms with Crippen molar-refractivity contribution in [2.75, 3.05) is 0 Å². The summed E-state index contributed by atoms with van der Waals surface area (Å²) in [5.74, 6) is -8.16. The van der Waals surface area contributed by atoms with Gasteiger partial charge in [-0.25, -0.2) is 15.0 Å². The molecule has 3 radical (unpaired) electrons. The number of furan rings is 3. The van der Waals surface area contributed by atoms with Crippen LogP contribution in [0, 0.1) is 126 Å². The maximum Gasteiger partial charge on any atom is 0.216 e. The number of nitrogens with zero attached hydrogens (tertiary/aromatic N) is 9. The molecule has 0 N–H and O–H groups in total. The molecule has 0 aliphatic rings. The van der Waals surface area contributed by atoms with E-state index in [2.05, 4.69) is 81.3 Å². The van der Waals surface area contributed by atoms with Crippen LogP contribution in [0.2, 0.25) is 0 Å². The summed E-state index contributed by atoms with van der Waals surface area (Å²) in [6.45, 7) is 9.35.